The molecule has 2 aromatic rings. The van der Waals surface area contributed by atoms with Crippen LogP contribution >= 0.6 is 23.4 Å². The highest BCUT2D eigenvalue weighted by molar-refractivity contribution is 7.98. The Labute approximate surface area is 172 Å². The van der Waals surface area contributed by atoms with Gasteiger partial charge < -0.3 is 15.1 Å². The monoisotopic (exact) mass is 420 g/mol. The third kappa shape index (κ3) is 4.57. The van der Waals surface area contributed by atoms with Crippen LogP contribution in [0.1, 0.15) is 10.4 Å². The number of thioether (sulfide) groups is 1. The number of nitro groups is 1. The summed E-state index contributed by atoms with van der Waals surface area (Å²) in [5, 5.41) is 14.7. The molecule has 0 spiro atoms. The van der Waals surface area contributed by atoms with Crippen LogP contribution in [-0.2, 0) is 0 Å². The average molecular weight is 421 g/mol. The Bertz CT molecular complexity index is 901. The molecule has 9 heteroatoms. The number of amides is 1. The van der Waals surface area contributed by atoms with Gasteiger partial charge in [-0.3, -0.25) is 14.9 Å². The molecule has 7 nitrogen and oxygen atoms in total. The Kier molecular flexibility index (Phi) is 6.43. The van der Waals surface area contributed by atoms with Crippen LogP contribution in [0.25, 0.3) is 0 Å². The molecule has 0 saturated carbocycles. The lowest BCUT2D eigenvalue weighted by Gasteiger charge is -2.35. The number of benzene rings is 2. The van der Waals surface area contributed by atoms with E-state index < -0.39 is 10.8 Å². The summed E-state index contributed by atoms with van der Waals surface area (Å²) in [6.07, 6.45) is 1.76. The zero-order chi connectivity index (χ0) is 20.3. The van der Waals surface area contributed by atoms with Crippen molar-refractivity contribution in [3.63, 3.8) is 0 Å². The van der Waals surface area contributed by atoms with Crippen molar-refractivity contribution in [3.05, 3.63) is 57.1 Å². The fourth-order valence-corrected chi connectivity index (χ4v) is 3.82. The van der Waals surface area contributed by atoms with Gasteiger partial charge in [-0.2, -0.15) is 0 Å². The first kappa shape index (κ1) is 20.4. The number of anilines is 2. The Hall–Kier alpha value is -2.29. The second kappa shape index (κ2) is 8.81. The van der Waals surface area contributed by atoms with Gasteiger partial charge in [-0.15, -0.1) is 11.8 Å². The van der Waals surface area contributed by atoms with Gasteiger partial charge in [-0.1, -0.05) is 11.6 Å². The van der Waals surface area contributed by atoms with Crippen molar-refractivity contribution in [2.24, 2.45) is 0 Å². The second-order valence-corrected chi connectivity index (χ2v) is 7.83. The van der Waals surface area contributed by atoms with Crippen LogP contribution in [0.2, 0.25) is 5.02 Å². The van der Waals surface area contributed by atoms with Crippen LogP contribution in [0.3, 0.4) is 0 Å². The minimum Gasteiger partial charge on any atom is -0.367 e. The van der Waals surface area contributed by atoms with Gasteiger partial charge in [0.2, 0.25) is 0 Å². The van der Waals surface area contributed by atoms with Gasteiger partial charge in [0.1, 0.15) is 0 Å². The number of likely N-dealkylation sites (N-methyl/N-ethyl adjacent to an activating group) is 1. The summed E-state index contributed by atoms with van der Waals surface area (Å²) in [6.45, 7) is 3.54. The van der Waals surface area contributed by atoms with E-state index >= 15 is 0 Å². The average Bonchev–Trinajstić information content (AvgIpc) is 2.68. The first-order valence-corrected chi connectivity index (χ1v) is 10.4. The smallest absolute Gasteiger partial charge is 0.283 e. The Morgan fingerprint density at radius 3 is 2.54 bits per heavy atom. The highest BCUT2D eigenvalue weighted by Crippen LogP contribution is 2.32. The first-order chi connectivity index (χ1) is 13.4. The summed E-state index contributed by atoms with van der Waals surface area (Å²) < 4.78 is 0. The van der Waals surface area contributed by atoms with Crippen molar-refractivity contribution < 1.29 is 9.72 Å². The standard InChI is InChI=1S/C19H21ClN4O3S/c1-22-7-9-23(10-8-22)16-5-4-14(20)12-15(16)21-19(25)13-3-6-18(28-2)17(11-13)24(26)27/h3-6,11-12H,7-10H2,1-2H3,(H,21,25). The molecule has 0 aliphatic carbocycles. The molecule has 3 rings (SSSR count). The number of halogens is 1. The van der Waals surface area contributed by atoms with Crippen LogP contribution in [0.4, 0.5) is 17.1 Å². The number of hydrogen-bond donors (Lipinski definition) is 1. The van der Waals surface area contributed by atoms with E-state index in [1.165, 1.54) is 17.8 Å². The summed E-state index contributed by atoms with van der Waals surface area (Å²) in [4.78, 5) is 28.5. The molecule has 1 amide bonds. The number of carbonyl (C=O) groups is 1. The van der Waals surface area contributed by atoms with Gasteiger partial charge in [-0.25, -0.2) is 0 Å². The summed E-state index contributed by atoms with van der Waals surface area (Å²) in [5.74, 6) is -0.409. The molecule has 148 valence electrons. The normalized spacial score (nSPS) is 14.8. The molecule has 1 heterocycles. The van der Waals surface area contributed by atoms with E-state index in [2.05, 4.69) is 22.2 Å². The molecular formula is C19H21ClN4O3S. The van der Waals surface area contributed by atoms with Crippen LogP contribution < -0.4 is 10.2 Å². The quantitative estimate of drug-likeness (QED) is 0.448. The molecule has 1 fully saturated rings. The highest BCUT2D eigenvalue weighted by Gasteiger charge is 2.21. The number of rotatable bonds is 5. The molecule has 0 aromatic heterocycles. The van der Waals surface area contributed by atoms with E-state index in [9.17, 15) is 14.9 Å². The second-order valence-electron chi connectivity index (χ2n) is 6.55. The molecule has 1 saturated heterocycles. The summed E-state index contributed by atoms with van der Waals surface area (Å²) in [6, 6.07) is 9.88. The minimum absolute atomic E-state index is 0.0782. The zero-order valence-corrected chi connectivity index (χ0v) is 17.2. The van der Waals surface area contributed by atoms with Gasteiger partial charge in [0.05, 0.1) is 21.2 Å². The van der Waals surface area contributed by atoms with E-state index in [-0.39, 0.29) is 11.3 Å². The van der Waals surface area contributed by atoms with Crippen molar-refractivity contribution in [2.45, 2.75) is 4.90 Å². The number of hydrogen-bond acceptors (Lipinski definition) is 6. The van der Waals surface area contributed by atoms with E-state index in [1.54, 1.807) is 30.5 Å². The van der Waals surface area contributed by atoms with Crippen LogP contribution in [-0.4, -0.2) is 55.2 Å². The molecule has 0 bridgehead atoms. The molecular weight excluding hydrogens is 400 g/mol. The van der Waals surface area contributed by atoms with Crippen molar-refractivity contribution in [1.82, 2.24) is 4.90 Å². The Morgan fingerprint density at radius 1 is 1.18 bits per heavy atom. The summed E-state index contributed by atoms with van der Waals surface area (Å²) >= 11 is 7.41. The lowest BCUT2D eigenvalue weighted by molar-refractivity contribution is -0.387. The fraction of sp³-hybridized carbons (Fsp3) is 0.316. The van der Waals surface area contributed by atoms with Gasteiger partial charge in [0.25, 0.3) is 11.6 Å². The van der Waals surface area contributed by atoms with E-state index in [1.807, 2.05) is 6.07 Å². The maximum atomic E-state index is 12.8. The third-order valence-electron chi connectivity index (χ3n) is 4.69. The van der Waals surface area contributed by atoms with Crippen molar-refractivity contribution in [2.75, 3.05) is 49.7 Å². The minimum atomic E-state index is -0.475. The zero-order valence-electron chi connectivity index (χ0n) is 15.6. The van der Waals surface area contributed by atoms with Gasteiger partial charge >= 0.3 is 0 Å². The highest BCUT2D eigenvalue weighted by atomic mass is 35.5. The number of nitro benzene ring substituents is 1. The summed E-state index contributed by atoms with van der Waals surface area (Å²) in [7, 11) is 2.08. The Morgan fingerprint density at radius 2 is 1.89 bits per heavy atom. The molecule has 0 unspecified atom stereocenters. The number of carbonyl (C=O) groups excluding carboxylic acids is 1. The van der Waals surface area contributed by atoms with Crippen LogP contribution in [0, 0.1) is 10.1 Å². The lowest BCUT2D eigenvalue weighted by atomic mass is 10.1. The maximum Gasteiger partial charge on any atom is 0.283 e. The van der Waals surface area contributed by atoms with Crippen molar-refractivity contribution in [1.29, 1.82) is 0 Å². The van der Waals surface area contributed by atoms with Gasteiger partial charge in [0, 0.05) is 42.8 Å². The van der Waals surface area contributed by atoms with Crippen LogP contribution in [0.15, 0.2) is 41.3 Å². The molecule has 1 aliphatic rings. The lowest BCUT2D eigenvalue weighted by Crippen LogP contribution is -2.44. The molecule has 2 aromatic carbocycles. The van der Waals surface area contributed by atoms with E-state index in [0.29, 0.717) is 15.6 Å². The maximum absolute atomic E-state index is 12.8. The number of nitrogens with zero attached hydrogens (tertiary/aromatic N) is 3. The molecule has 28 heavy (non-hydrogen) atoms. The SMILES string of the molecule is CSc1ccc(C(=O)Nc2cc(Cl)ccc2N2CCN(C)CC2)cc1[N+](=O)[O-]. The molecule has 0 radical (unpaired) electrons. The number of nitrogens with one attached hydrogen (secondary N) is 1. The topological polar surface area (TPSA) is 78.7 Å². The van der Waals surface area contributed by atoms with Gasteiger partial charge in [0.15, 0.2) is 0 Å². The number of piperazine rings is 1. The summed E-state index contributed by atoms with van der Waals surface area (Å²) in [5.41, 5.74) is 1.64. The van der Waals surface area contributed by atoms with Gasteiger partial charge in [-0.05, 0) is 43.6 Å². The van der Waals surface area contributed by atoms with Crippen molar-refractivity contribution >= 4 is 46.3 Å². The first-order valence-electron chi connectivity index (χ1n) is 8.76. The molecule has 0 atom stereocenters. The largest absolute Gasteiger partial charge is 0.367 e. The van der Waals surface area contributed by atoms with E-state index in [0.717, 1.165) is 31.9 Å². The van der Waals surface area contributed by atoms with E-state index in [4.69, 9.17) is 11.6 Å². The predicted molar refractivity (Wildman–Crippen MR) is 114 cm³/mol. The molecule has 1 N–H and O–H groups in total. The Balaban J connectivity index is 1.87. The van der Waals surface area contributed by atoms with Crippen molar-refractivity contribution in [3.8, 4) is 0 Å². The molecule has 1 aliphatic heterocycles. The van der Waals surface area contributed by atoms with Crippen LogP contribution in [0.5, 0.6) is 0 Å². The predicted octanol–water partition coefficient (Wildman–Crippen LogP) is 3.97. The third-order valence-corrected chi connectivity index (χ3v) is 5.71. The fourth-order valence-electron chi connectivity index (χ4n) is 3.10.